The van der Waals surface area contributed by atoms with Crippen LogP contribution in [0.3, 0.4) is 0 Å². The molecule has 32 heavy (non-hydrogen) atoms. The molecule has 0 aliphatic carbocycles. The average molecular weight is 440 g/mol. The third-order valence-electron chi connectivity index (χ3n) is 6.37. The molecule has 9 heteroatoms. The second-order valence-corrected chi connectivity index (χ2v) is 8.97. The number of rotatable bonds is 5. The lowest BCUT2D eigenvalue weighted by Gasteiger charge is -2.28. The molecule has 9 nitrogen and oxygen atoms in total. The Morgan fingerprint density at radius 1 is 1.31 bits per heavy atom. The molecule has 1 aromatic carbocycles. The number of nitrogens with one attached hydrogen (secondary N) is 1. The largest absolute Gasteiger partial charge is 0.484 e. The molecular formula is C23H29N5O4. The van der Waals surface area contributed by atoms with Gasteiger partial charge in [0, 0.05) is 43.5 Å². The summed E-state index contributed by atoms with van der Waals surface area (Å²) in [6.45, 7) is 3.32. The van der Waals surface area contributed by atoms with Crippen molar-refractivity contribution in [2.75, 3.05) is 29.9 Å². The van der Waals surface area contributed by atoms with Crippen molar-refractivity contribution in [3.63, 3.8) is 0 Å². The molecule has 2 aliphatic heterocycles. The van der Waals surface area contributed by atoms with Crippen LogP contribution in [0.15, 0.2) is 36.8 Å². The zero-order valence-electron chi connectivity index (χ0n) is 18.1. The summed E-state index contributed by atoms with van der Waals surface area (Å²) in [4.78, 5) is 6.56. The molecule has 5 rings (SSSR count). The Morgan fingerprint density at radius 3 is 3.03 bits per heavy atom. The topological polar surface area (TPSA) is 115 Å². The minimum absolute atomic E-state index is 0.0770. The molecule has 4 heterocycles. The number of aromatic nitrogens is 3. The molecule has 0 saturated carbocycles. The Kier molecular flexibility index (Phi) is 5.40. The van der Waals surface area contributed by atoms with Crippen molar-refractivity contribution in [1.29, 1.82) is 0 Å². The van der Waals surface area contributed by atoms with Gasteiger partial charge >= 0.3 is 0 Å². The van der Waals surface area contributed by atoms with Crippen LogP contribution in [0.1, 0.15) is 43.5 Å². The molecule has 0 bridgehead atoms. The van der Waals surface area contributed by atoms with Crippen LogP contribution >= 0.6 is 0 Å². The molecule has 3 aromatic rings. The van der Waals surface area contributed by atoms with Gasteiger partial charge in [-0.25, -0.2) is 9.50 Å². The van der Waals surface area contributed by atoms with Crippen LogP contribution in [0, 0.1) is 0 Å². The van der Waals surface area contributed by atoms with Gasteiger partial charge in [-0.05, 0) is 38.3 Å². The Bertz CT molecular complexity index is 1120. The molecule has 0 amide bonds. The monoisotopic (exact) mass is 439 g/mol. The van der Waals surface area contributed by atoms with E-state index in [1.165, 1.54) is 0 Å². The van der Waals surface area contributed by atoms with E-state index in [2.05, 4.69) is 20.3 Å². The number of nitrogens with zero attached hydrogens (tertiary/aromatic N) is 4. The molecule has 0 spiro atoms. The zero-order valence-corrected chi connectivity index (χ0v) is 18.1. The molecule has 0 radical (unpaired) electrons. The van der Waals surface area contributed by atoms with Gasteiger partial charge in [-0.3, -0.25) is 0 Å². The first-order chi connectivity index (χ1) is 15.5. The van der Waals surface area contributed by atoms with Crippen LogP contribution in [0.5, 0.6) is 5.75 Å². The maximum Gasteiger partial charge on any atom is 0.162 e. The Balaban J connectivity index is 1.50. The number of benzene rings is 1. The van der Waals surface area contributed by atoms with Gasteiger partial charge in [-0.1, -0.05) is 0 Å². The van der Waals surface area contributed by atoms with E-state index in [1.807, 2.05) is 19.1 Å². The lowest BCUT2D eigenvalue weighted by Crippen LogP contribution is -2.34. The SMILES string of the molecule is C[C@@]1(CO)Cc2cc(NC(O)c3cnn4cccnc34)c(N3CCC[C@@H](O)CC3)cc2O1. The quantitative estimate of drug-likeness (QED) is 0.446. The Morgan fingerprint density at radius 2 is 2.19 bits per heavy atom. The number of ether oxygens (including phenoxy) is 1. The van der Waals surface area contributed by atoms with Crippen LogP contribution < -0.4 is 15.0 Å². The first kappa shape index (κ1) is 21.0. The van der Waals surface area contributed by atoms with Gasteiger partial charge < -0.3 is 30.3 Å². The van der Waals surface area contributed by atoms with Gasteiger partial charge in [0.2, 0.25) is 0 Å². The number of aliphatic hydroxyl groups excluding tert-OH is 3. The Labute approximate surface area is 186 Å². The molecule has 1 saturated heterocycles. The van der Waals surface area contributed by atoms with Crippen LogP contribution in [0.25, 0.3) is 5.65 Å². The van der Waals surface area contributed by atoms with E-state index >= 15 is 0 Å². The van der Waals surface area contributed by atoms with Crippen molar-refractivity contribution >= 4 is 17.0 Å². The van der Waals surface area contributed by atoms with Gasteiger partial charge in [0.1, 0.15) is 11.4 Å². The second-order valence-electron chi connectivity index (χ2n) is 8.97. The number of fused-ring (bicyclic) bond motifs is 2. The third-order valence-corrected chi connectivity index (χ3v) is 6.37. The van der Waals surface area contributed by atoms with Crippen LogP contribution in [0.2, 0.25) is 0 Å². The highest BCUT2D eigenvalue weighted by atomic mass is 16.5. The van der Waals surface area contributed by atoms with Crippen molar-refractivity contribution in [1.82, 2.24) is 14.6 Å². The zero-order chi connectivity index (χ0) is 22.3. The van der Waals surface area contributed by atoms with E-state index in [9.17, 15) is 15.3 Å². The van der Waals surface area contributed by atoms with Crippen molar-refractivity contribution in [2.45, 2.75) is 50.5 Å². The fraction of sp³-hybridized carbons (Fsp3) is 0.478. The van der Waals surface area contributed by atoms with Gasteiger partial charge in [0.25, 0.3) is 0 Å². The molecule has 2 aliphatic rings. The molecule has 4 N–H and O–H groups in total. The fourth-order valence-electron chi connectivity index (χ4n) is 4.60. The lowest BCUT2D eigenvalue weighted by molar-refractivity contribution is 0.0447. The second kappa shape index (κ2) is 8.23. The van der Waals surface area contributed by atoms with E-state index < -0.39 is 11.8 Å². The number of aliphatic hydroxyl groups is 3. The van der Waals surface area contributed by atoms with Gasteiger partial charge in [0.05, 0.1) is 35.8 Å². The molecule has 3 atom stereocenters. The highest BCUT2D eigenvalue weighted by molar-refractivity contribution is 5.75. The van der Waals surface area contributed by atoms with Crippen molar-refractivity contribution < 1.29 is 20.1 Å². The molecule has 1 unspecified atom stereocenters. The highest BCUT2D eigenvalue weighted by Gasteiger charge is 2.36. The number of anilines is 2. The predicted molar refractivity (Wildman–Crippen MR) is 120 cm³/mol. The lowest BCUT2D eigenvalue weighted by atomic mass is 9.99. The summed E-state index contributed by atoms with van der Waals surface area (Å²) in [5.41, 5.74) is 3.17. The van der Waals surface area contributed by atoms with E-state index in [1.54, 1.807) is 29.2 Å². The fourth-order valence-corrected chi connectivity index (χ4v) is 4.60. The minimum Gasteiger partial charge on any atom is -0.484 e. The van der Waals surface area contributed by atoms with E-state index in [0.29, 0.717) is 30.6 Å². The van der Waals surface area contributed by atoms with Crippen LogP contribution in [0.4, 0.5) is 11.4 Å². The van der Waals surface area contributed by atoms with Crippen molar-refractivity contribution in [2.24, 2.45) is 0 Å². The first-order valence-electron chi connectivity index (χ1n) is 11.1. The Hall–Kier alpha value is -2.88. The van der Waals surface area contributed by atoms with Crippen LogP contribution in [-0.4, -0.2) is 61.3 Å². The summed E-state index contributed by atoms with van der Waals surface area (Å²) >= 11 is 0. The number of hydrogen-bond donors (Lipinski definition) is 4. The third kappa shape index (κ3) is 3.87. The maximum atomic E-state index is 11.0. The number of hydrogen-bond acceptors (Lipinski definition) is 8. The summed E-state index contributed by atoms with van der Waals surface area (Å²) in [6, 6.07) is 5.76. The molecule has 2 aromatic heterocycles. The summed E-state index contributed by atoms with van der Waals surface area (Å²) < 4.78 is 7.70. The van der Waals surface area contributed by atoms with Gasteiger partial charge in [-0.15, -0.1) is 0 Å². The normalized spacial score (nSPS) is 24.1. The summed E-state index contributed by atoms with van der Waals surface area (Å²) in [6.07, 6.45) is 6.69. The van der Waals surface area contributed by atoms with Crippen molar-refractivity contribution in [3.05, 3.63) is 47.9 Å². The standard InChI is InChI=1S/C23H29N5O4/c1-23(14-29)12-15-10-18(26-22(31)17-13-25-28-8-3-6-24-21(17)28)19(11-20(15)32-23)27-7-2-4-16(30)5-9-27/h3,6,8,10-11,13,16,22,26,29-31H,2,4-5,7,9,12,14H2,1H3/t16-,22?,23+/m1/s1. The van der Waals surface area contributed by atoms with Gasteiger partial charge in [-0.2, -0.15) is 5.10 Å². The van der Waals surface area contributed by atoms with Crippen LogP contribution in [-0.2, 0) is 6.42 Å². The first-order valence-corrected chi connectivity index (χ1v) is 11.1. The summed E-state index contributed by atoms with van der Waals surface area (Å²) in [5, 5.41) is 38.4. The van der Waals surface area contributed by atoms with Crippen molar-refractivity contribution in [3.8, 4) is 5.75 Å². The summed E-state index contributed by atoms with van der Waals surface area (Å²) in [7, 11) is 0. The molecule has 170 valence electrons. The smallest absolute Gasteiger partial charge is 0.162 e. The molecule has 1 fully saturated rings. The average Bonchev–Trinajstić information content (AvgIpc) is 3.28. The molecular weight excluding hydrogens is 410 g/mol. The highest BCUT2D eigenvalue weighted by Crippen LogP contribution is 2.43. The van der Waals surface area contributed by atoms with E-state index in [-0.39, 0.29) is 12.7 Å². The predicted octanol–water partition coefficient (Wildman–Crippen LogP) is 1.87. The van der Waals surface area contributed by atoms with E-state index in [0.717, 1.165) is 42.1 Å². The van der Waals surface area contributed by atoms with E-state index in [4.69, 9.17) is 4.74 Å². The summed E-state index contributed by atoms with van der Waals surface area (Å²) in [5.74, 6) is 0.749. The van der Waals surface area contributed by atoms with Gasteiger partial charge in [0.15, 0.2) is 11.9 Å². The maximum absolute atomic E-state index is 11.0. The minimum atomic E-state index is -1.01.